The van der Waals surface area contributed by atoms with Gasteiger partial charge in [0.15, 0.2) is 28.5 Å². The fraction of sp³-hybridized carbons (Fsp3) is 0.250. The first-order valence-electron chi connectivity index (χ1n) is 44.5. The minimum atomic E-state index is -1.69. The Labute approximate surface area is 780 Å². The van der Waals surface area contributed by atoms with Crippen molar-refractivity contribution in [3.05, 3.63) is 404 Å². The van der Waals surface area contributed by atoms with E-state index in [4.69, 9.17) is 26.3 Å². The maximum Gasteiger partial charge on any atom is 0.332 e. The molecule has 4 fully saturated rings. The summed E-state index contributed by atoms with van der Waals surface area (Å²) in [4.78, 5) is 84.7. The van der Waals surface area contributed by atoms with Gasteiger partial charge in [0, 0.05) is 51.1 Å². The van der Waals surface area contributed by atoms with Gasteiger partial charge in [-0.2, -0.15) is 21.0 Å². The van der Waals surface area contributed by atoms with Crippen LogP contribution in [0.4, 0.5) is 87.4 Å². The van der Waals surface area contributed by atoms with Gasteiger partial charge in [-0.3, -0.25) is 39.2 Å². The Hall–Kier alpha value is -16.4. The van der Waals surface area contributed by atoms with Crippen LogP contribution in [0.3, 0.4) is 0 Å². The summed E-state index contributed by atoms with van der Waals surface area (Å²) < 4.78 is 0. The average Bonchev–Trinajstić information content (AvgIpc) is 1.52. The van der Waals surface area contributed by atoms with Crippen LogP contribution in [0.5, 0.6) is 0 Å². The zero-order valence-electron chi connectivity index (χ0n) is 76.8. The number of amides is 8. The molecule has 4 heterocycles. The Kier molecular flexibility index (Phi) is 28.4. The maximum absolute atomic E-state index is 14.1. The molecule has 4 aliphatic rings. The molecular weight excluding hydrogens is 1650 g/mol. The number of aryl methyl sites for hydroxylation is 4. The lowest BCUT2D eigenvalue weighted by Crippen LogP contribution is -2.58. The third kappa shape index (κ3) is 18.2. The van der Waals surface area contributed by atoms with Gasteiger partial charge < -0.3 is 5.11 Å². The van der Waals surface area contributed by atoms with Gasteiger partial charge in [-0.25, -0.2) is 38.6 Å². The highest BCUT2D eigenvalue weighted by Crippen LogP contribution is 2.57. The Morgan fingerprint density at radius 1 is 0.301 bits per heavy atom. The van der Waals surface area contributed by atoms with E-state index in [1.807, 2.05) is 165 Å². The van der Waals surface area contributed by atoms with Gasteiger partial charge in [-0.15, -0.1) is 0 Å². The fourth-order valence-corrected chi connectivity index (χ4v) is 19.9. The molecule has 4 aliphatic heterocycles. The maximum atomic E-state index is 14.1. The molecule has 0 aromatic heterocycles. The molecule has 8 amide bonds. The van der Waals surface area contributed by atoms with Crippen molar-refractivity contribution in [2.45, 2.75) is 180 Å². The zero-order chi connectivity index (χ0) is 95.3. The van der Waals surface area contributed by atoms with Crippen LogP contribution in [0.1, 0.15) is 192 Å². The largest absolute Gasteiger partial charge is 0.364 e. The van der Waals surface area contributed by atoms with E-state index >= 15 is 0 Å². The van der Waals surface area contributed by atoms with Crippen molar-refractivity contribution < 1.29 is 24.3 Å². The van der Waals surface area contributed by atoms with E-state index < -0.39 is 27.9 Å². The van der Waals surface area contributed by atoms with Gasteiger partial charge in [-0.05, 0) is 243 Å². The van der Waals surface area contributed by atoms with Crippen LogP contribution in [0, 0.1) is 99.3 Å². The lowest BCUT2D eigenvalue weighted by molar-refractivity contribution is -0.0140. The van der Waals surface area contributed by atoms with Gasteiger partial charge in [0.05, 0.1) is 113 Å². The molecule has 21 heteroatoms. The highest BCUT2D eigenvalue weighted by Gasteiger charge is 2.66. The monoisotopic (exact) mass is 1750 g/mol. The Morgan fingerprint density at radius 2 is 0.534 bits per heavy atom. The van der Waals surface area contributed by atoms with Crippen LogP contribution in [0.25, 0.3) is 19.4 Å². The second-order valence-electron chi connectivity index (χ2n) is 34.9. The van der Waals surface area contributed by atoms with Gasteiger partial charge in [0.2, 0.25) is 0 Å². The number of nitrogens with zero attached hydrogens (tertiary/aromatic N) is 16. The van der Waals surface area contributed by atoms with Crippen molar-refractivity contribution >= 4 is 92.4 Å². The number of hydrogen-bond acceptors (Lipinski definition) is 9. The molecule has 4 saturated heterocycles. The number of hydrogen-bond donors (Lipinski definition) is 1. The fourth-order valence-electron chi connectivity index (χ4n) is 19.9. The topological polar surface area (TPSA) is 227 Å². The van der Waals surface area contributed by atoms with Gasteiger partial charge in [0.25, 0.3) is 0 Å². The highest BCUT2D eigenvalue weighted by molar-refractivity contribution is 6.12. The molecule has 1 N–H and O–H groups in total. The number of benzene rings is 12. The van der Waals surface area contributed by atoms with Crippen LogP contribution >= 0.6 is 0 Å². The van der Waals surface area contributed by atoms with Gasteiger partial charge in [0.1, 0.15) is 0 Å². The number of rotatable bonds is 20. The van der Waals surface area contributed by atoms with Crippen molar-refractivity contribution in [3.8, 4) is 24.3 Å². The summed E-state index contributed by atoms with van der Waals surface area (Å²) in [6.45, 7) is 54.0. The van der Waals surface area contributed by atoms with E-state index in [0.717, 1.165) is 118 Å². The van der Waals surface area contributed by atoms with Gasteiger partial charge in [-0.1, -0.05) is 221 Å². The first kappa shape index (κ1) is 94.2. The van der Waals surface area contributed by atoms with Crippen LogP contribution in [-0.2, 0) is 5.72 Å². The van der Waals surface area contributed by atoms with Gasteiger partial charge >= 0.3 is 24.1 Å². The summed E-state index contributed by atoms with van der Waals surface area (Å²) in [5.41, 5.74) is 13.9. The summed E-state index contributed by atoms with van der Waals surface area (Å²) in [5, 5.41) is 49.5. The predicted molar refractivity (Wildman–Crippen MR) is 527 cm³/mol. The standard InChI is InChI=1S/C28H26N4O2.3C28H26N4O/c1-5-17-27(3)28(34,22-8-6-7-20(2)18-22)32(25-15-11-23(30-4)12-16-25)26(33)31(27)24-13-9-21(19-29)10-14-24;3*1-5-17-28(3)26(22-8-6-7-20(2)18-22)31(24-15-11-23(30-4)12-16-24)27(33)32(28)25-13-9-21(19-29)10-14-25/h6-16,18,34H,5,17H2,1-3H3;3*6-16,18,26H,5,17H2,1-3H3/t27-,28?;26?,28-;26-,28+;26-,28-/m0010/s1. The molecule has 0 radical (unpaired) electrons. The van der Waals surface area contributed by atoms with E-state index in [9.17, 15) is 45.3 Å². The minimum Gasteiger partial charge on any atom is -0.364 e. The predicted octanol–water partition coefficient (Wildman–Crippen LogP) is 27.8. The third-order valence-corrected chi connectivity index (χ3v) is 25.7. The summed E-state index contributed by atoms with van der Waals surface area (Å²) >= 11 is 0. The number of nitriles is 4. The van der Waals surface area contributed by atoms with E-state index in [-0.39, 0.29) is 42.2 Å². The zero-order valence-corrected chi connectivity index (χ0v) is 76.8. The first-order chi connectivity index (χ1) is 64.1. The normalized spacial score (nSPS) is 20.4. The summed E-state index contributed by atoms with van der Waals surface area (Å²) in [6.07, 6.45) is 6.38. The minimum absolute atomic E-state index is 0.113. The van der Waals surface area contributed by atoms with E-state index in [1.54, 1.807) is 126 Å². The molecule has 21 nitrogen and oxygen atoms in total. The SMILES string of the molecule is [C-]#[N+]c1ccc(N2C(=O)N(c3ccc(C#N)cc3)[C@@](C)(CCC)C2(O)c2cccc(C)c2)cc1.[C-]#[N+]c1ccc(N2C(=O)N(c3ccc(C#N)cc3)[C@@](C)(CCC)C2c2cccc(C)c2)cc1.[C-]#[N+]c1ccc(N2C(=O)N(c3ccc(C#N)cc3)[C@@](C)(CCC)[C@@H]2c2cccc(C)c2)cc1.[C-]#[N+]c1ccc(N2C(=O)N(c3ccc(C#N)cc3)[C@@](C)(CCC)[C@H]2c2cccc(C)c2)cc1. The number of carbonyl (C=O) groups excluding carboxylic acids is 4. The molecular formula is C112H104N16O5. The molecule has 0 spiro atoms. The number of urea groups is 4. The number of anilines is 8. The quantitative estimate of drug-likeness (QED) is 0.0715. The van der Waals surface area contributed by atoms with E-state index in [2.05, 4.69) is 161 Å². The van der Waals surface area contributed by atoms with Crippen LogP contribution in [-0.4, -0.2) is 51.4 Å². The number of carbonyl (C=O) groups is 4. The molecule has 0 saturated carbocycles. The highest BCUT2D eigenvalue weighted by atomic mass is 16.3. The molecule has 16 rings (SSSR count). The Morgan fingerprint density at radius 3 is 0.774 bits per heavy atom. The molecule has 0 aliphatic carbocycles. The van der Waals surface area contributed by atoms with Crippen molar-refractivity contribution in [2.75, 3.05) is 39.2 Å². The van der Waals surface area contributed by atoms with Crippen LogP contribution in [0.2, 0.25) is 0 Å². The molecule has 8 atom stereocenters. The summed E-state index contributed by atoms with van der Waals surface area (Å²) in [6, 6.07) is 96.5. The molecule has 12 aromatic rings. The number of aliphatic hydroxyl groups is 1. The molecule has 662 valence electrons. The molecule has 0 bridgehead atoms. The van der Waals surface area contributed by atoms with Crippen molar-refractivity contribution in [1.82, 2.24) is 0 Å². The van der Waals surface area contributed by atoms with E-state index in [1.165, 1.54) is 4.90 Å². The first-order valence-corrected chi connectivity index (χ1v) is 44.5. The molecule has 12 aromatic carbocycles. The van der Waals surface area contributed by atoms with Crippen molar-refractivity contribution in [2.24, 2.45) is 0 Å². The Bertz CT molecular complexity index is 6200. The average molecular weight is 1750 g/mol. The second-order valence-corrected chi connectivity index (χ2v) is 34.9. The smallest absolute Gasteiger partial charge is 0.332 e. The lowest BCUT2D eigenvalue weighted by Gasteiger charge is -2.45. The molecule has 133 heavy (non-hydrogen) atoms. The summed E-state index contributed by atoms with van der Waals surface area (Å²) in [5.74, 6) is 0. The lowest BCUT2D eigenvalue weighted by atomic mass is 9.78. The summed E-state index contributed by atoms with van der Waals surface area (Å²) in [7, 11) is 0. The Balaban J connectivity index is 0.000000151. The molecule has 2 unspecified atom stereocenters. The van der Waals surface area contributed by atoms with E-state index in [0.29, 0.717) is 68.4 Å². The van der Waals surface area contributed by atoms with Crippen molar-refractivity contribution in [3.63, 3.8) is 0 Å². The van der Waals surface area contributed by atoms with Crippen molar-refractivity contribution in [1.29, 1.82) is 21.0 Å². The third-order valence-electron chi connectivity index (χ3n) is 25.7. The van der Waals surface area contributed by atoms with Crippen LogP contribution < -0.4 is 39.2 Å². The van der Waals surface area contributed by atoms with Crippen LogP contribution in [0.15, 0.2) is 291 Å². The second kappa shape index (κ2) is 40.1.